The van der Waals surface area contributed by atoms with Crippen LogP contribution in [0.5, 0.6) is 0 Å². The number of hydrogen-bond donors (Lipinski definition) is 2. The number of rotatable bonds is 4. The Hall–Kier alpha value is -1.84. The zero-order chi connectivity index (χ0) is 15.6. The van der Waals surface area contributed by atoms with E-state index < -0.39 is 11.8 Å². The van der Waals surface area contributed by atoms with Gasteiger partial charge in [0.15, 0.2) is 0 Å². The summed E-state index contributed by atoms with van der Waals surface area (Å²) >= 11 is 0. The second-order valence-corrected chi connectivity index (χ2v) is 6.32. The molecule has 0 aliphatic heterocycles. The molecule has 1 aromatic rings. The number of nitrogens with one attached hydrogen (secondary N) is 2. The molecule has 4 nitrogen and oxygen atoms in total. The Labute approximate surface area is 126 Å². The van der Waals surface area contributed by atoms with Gasteiger partial charge in [-0.05, 0) is 35.8 Å². The Balaban J connectivity index is 2.23. The minimum Gasteiger partial charge on any atom is -0.345 e. The van der Waals surface area contributed by atoms with Crippen LogP contribution in [0.1, 0.15) is 63.5 Å². The Morgan fingerprint density at radius 3 is 1.95 bits per heavy atom. The zero-order valence-electron chi connectivity index (χ0n) is 13.2. The van der Waals surface area contributed by atoms with Gasteiger partial charge in [0.1, 0.15) is 0 Å². The van der Waals surface area contributed by atoms with Crippen LogP contribution in [0.3, 0.4) is 0 Å². The van der Waals surface area contributed by atoms with Crippen LogP contribution in [0.2, 0.25) is 0 Å². The van der Waals surface area contributed by atoms with Crippen molar-refractivity contribution in [2.24, 2.45) is 0 Å². The first-order chi connectivity index (χ1) is 9.90. The highest BCUT2D eigenvalue weighted by Crippen LogP contribution is 2.32. The largest absolute Gasteiger partial charge is 0.345 e. The van der Waals surface area contributed by atoms with Crippen molar-refractivity contribution in [1.29, 1.82) is 0 Å². The fourth-order valence-corrected chi connectivity index (χ4v) is 2.34. The minimum atomic E-state index is -0.572. The van der Waals surface area contributed by atoms with Crippen LogP contribution in [0, 0.1) is 0 Å². The van der Waals surface area contributed by atoms with E-state index in [0.717, 1.165) is 29.7 Å². The molecule has 1 aromatic carbocycles. The van der Waals surface area contributed by atoms with Crippen molar-refractivity contribution in [2.75, 3.05) is 5.32 Å². The average Bonchev–Trinajstić information content (AvgIpc) is 3.22. The number of carbonyl (C=O) groups is 2. The van der Waals surface area contributed by atoms with Crippen molar-refractivity contribution in [1.82, 2.24) is 5.32 Å². The average molecular weight is 288 g/mol. The lowest BCUT2D eigenvalue weighted by Gasteiger charge is -2.20. The molecule has 2 amide bonds. The fourth-order valence-electron chi connectivity index (χ4n) is 2.34. The van der Waals surface area contributed by atoms with Crippen molar-refractivity contribution in [3.8, 4) is 0 Å². The van der Waals surface area contributed by atoms with E-state index in [-0.39, 0.29) is 17.9 Å². The van der Waals surface area contributed by atoms with Gasteiger partial charge >= 0.3 is 11.8 Å². The third-order valence-corrected chi connectivity index (χ3v) is 3.73. The van der Waals surface area contributed by atoms with Crippen LogP contribution in [-0.4, -0.2) is 17.9 Å². The summed E-state index contributed by atoms with van der Waals surface area (Å²) in [5.41, 5.74) is 2.92. The van der Waals surface area contributed by atoms with Gasteiger partial charge in [-0.1, -0.05) is 45.9 Å². The first kappa shape index (κ1) is 15.5. The molecule has 0 spiro atoms. The highest BCUT2D eigenvalue weighted by Gasteiger charge is 2.27. The van der Waals surface area contributed by atoms with Crippen LogP contribution in [0.4, 0.5) is 5.69 Å². The first-order valence-corrected chi connectivity index (χ1v) is 7.64. The monoisotopic (exact) mass is 288 g/mol. The second-order valence-electron chi connectivity index (χ2n) is 6.32. The molecule has 1 aliphatic rings. The van der Waals surface area contributed by atoms with Gasteiger partial charge in [0.2, 0.25) is 0 Å². The van der Waals surface area contributed by atoms with Crippen LogP contribution >= 0.6 is 0 Å². The molecule has 114 valence electrons. The molecule has 0 radical (unpaired) electrons. The Kier molecular flexibility index (Phi) is 4.66. The maximum Gasteiger partial charge on any atom is 0.313 e. The van der Waals surface area contributed by atoms with Gasteiger partial charge in [-0.3, -0.25) is 9.59 Å². The van der Waals surface area contributed by atoms with E-state index in [9.17, 15) is 9.59 Å². The number of para-hydroxylation sites is 1. The van der Waals surface area contributed by atoms with Crippen LogP contribution in [0.25, 0.3) is 0 Å². The fraction of sp³-hybridized carbons (Fsp3) is 0.529. The van der Waals surface area contributed by atoms with Gasteiger partial charge < -0.3 is 10.6 Å². The van der Waals surface area contributed by atoms with Gasteiger partial charge in [0, 0.05) is 11.7 Å². The lowest BCUT2D eigenvalue weighted by molar-refractivity contribution is -0.136. The first-order valence-electron chi connectivity index (χ1n) is 7.64. The van der Waals surface area contributed by atoms with Crippen molar-refractivity contribution >= 4 is 17.5 Å². The SMILES string of the molecule is CC(C)c1cccc(C(C)C)c1NC(=O)C(=O)NC1CC1. The Morgan fingerprint density at radius 2 is 1.52 bits per heavy atom. The molecule has 0 heterocycles. The molecular formula is C17H24N2O2. The number of benzene rings is 1. The third-order valence-electron chi connectivity index (χ3n) is 3.73. The van der Waals surface area contributed by atoms with Crippen LogP contribution < -0.4 is 10.6 Å². The number of carbonyl (C=O) groups excluding carboxylic acids is 2. The lowest BCUT2D eigenvalue weighted by atomic mass is 9.92. The summed E-state index contributed by atoms with van der Waals surface area (Å²) in [6, 6.07) is 6.20. The number of hydrogen-bond acceptors (Lipinski definition) is 2. The van der Waals surface area contributed by atoms with Gasteiger partial charge in [0.25, 0.3) is 0 Å². The molecule has 2 N–H and O–H groups in total. The number of amides is 2. The molecule has 21 heavy (non-hydrogen) atoms. The van der Waals surface area contributed by atoms with Gasteiger partial charge in [-0.15, -0.1) is 0 Å². The summed E-state index contributed by atoms with van der Waals surface area (Å²) in [5, 5.41) is 5.54. The van der Waals surface area contributed by atoms with E-state index in [2.05, 4.69) is 38.3 Å². The summed E-state index contributed by atoms with van der Waals surface area (Å²) in [6.45, 7) is 8.33. The number of anilines is 1. The molecule has 1 fully saturated rings. The smallest absolute Gasteiger partial charge is 0.313 e. The van der Waals surface area contributed by atoms with E-state index in [1.54, 1.807) is 0 Å². The summed E-state index contributed by atoms with van der Waals surface area (Å²) in [6.07, 6.45) is 1.94. The standard InChI is InChI=1S/C17H24N2O2/c1-10(2)13-6-5-7-14(11(3)4)15(13)19-17(21)16(20)18-12-8-9-12/h5-7,10-12H,8-9H2,1-4H3,(H,18,20)(H,19,21). The molecule has 0 unspecified atom stereocenters. The van der Waals surface area contributed by atoms with Gasteiger partial charge in [-0.25, -0.2) is 0 Å². The van der Waals surface area contributed by atoms with E-state index >= 15 is 0 Å². The molecule has 2 rings (SSSR count). The predicted molar refractivity (Wildman–Crippen MR) is 84.4 cm³/mol. The minimum absolute atomic E-state index is 0.188. The Morgan fingerprint density at radius 1 is 1.00 bits per heavy atom. The van der Waals surface area contributed by atoms with E-state index in [0.29, 0.717) is 0 Å². The quantitative estimate of drug-likeness (QED) is 0.836. The summed E-state index contributed by atoms with van der Waals surface area (Å²) in [5.74, 6) is -0.543. The highest BCUT2D eigenvalue weighted by molar-refractivity contribution is 6.39. The topological polar surface area (TPSA) is 58.2 Å². The summed E-state index contributed by atoms with van der Waals surface area (Å²) in [4.78, 5) is 23.9. The molecular weight excluding hydrogens is 264 g/mol. The molecule has 0 bridgehead atoms. The van der Waals surface area contributed by atoms with E-state index in [1.807, 2.05) is 18.2 Å². The molecule has 0 aromatic heterocycles. The van der Waals surface area contributed by atoms with Crippen molar-refractivity contribution in [3.63, 3.8) is 0 Å². The Bertz CT molecular complexity index is 519. The maximum absolute atomic E-state index is 12.1. The van der Waals surface area contributed by atoms with Crippen LogP contribution in [-0.2, 0) is 9.59 Å². The lowest BCUT2D eigenvalue weighted by Crippen LogP contribution is -2.37. The normalized spacial score (nSPS) is 14.4. The van der Waals surface area contributed by atoms with Gasteiger partial charge in [0.05, 0.1) is 0 Å². The summed E-state index contributed by atoms with van der Waals surface area (Å²) in [7, 11) is 0. The second kappa shape index (κ2) is 6.29. The van der Waals surface area contributed by atoms with E-state index in [1.165, 1.54) is 0 Å². The van der Waals surface area contributed by atoms with Gasteiger partial charge in [-0.2, -0.15) is 0 Å². The van der Waals surface area contributed by atoms with Crippen molar-refractivity contribution in [2.45, 2.75) is 58.4 Å². The van der Waals surface area contributed by atoms with E-state index in [4.69, 9.17) is 0 Å². The molecule has 1 aliphatic carbocycles. The molecule has 0 atom stereocenters. The third kappa shape index (κ3) is 3.84. The maximum atomic E-state index is 12.1. The van der Waals surface area contributed by atoms with Crippen molar-refractivity contribution in [3.05, 3.63) is 29.3 Å². The molecule has 0 saturated heterocycles. The van der Waals surface area contributed by atoms with Crippen molar-refractivity contribution < 1.29 is 9.59 Å². The van der Waals surface area contributed by atoms with Crippen LogP contribution in [0.15, 0.2) is 18.2 Å². The highest BCUT2D eigenvalue weighted by atomic mass is 16.2. The molecule has 1 saturated carbocycles. The predicted octanol–water partition coefficient (Wildman–Crippen LogP) is 3.15. The zero-order valence-corrected chi connectivity index (χ0v) is 13.2. The molecule has 4 heteroatoms. The summed E-state index contributed by atoms with van der Waals surface area (Å²) < 4.78 is 0.